The Kier molecular flexibility index (Phi) is 3.86. The molecule has 2 amide bonds. The highest BCUT2D eigenvalue weighted by Gasteiger charge is 2.17. The second-order valence-electron chi connectivity index (χ2n) is 3.99. The van der Waals surface area contributed by atoms with Gasteiger partial charge in [0.25, 0.3) is 0 Å². The van der Waals surface area contributed by atoms with Crippen molar-refractivity contribution >= 4 is 23.3 Å². The van der Waals surface area contributed by atoms with Gasteiger partial charge in [0.1, 0.15) is 0 Å². The number of rotatable bonds is 1. The van der Waals surface area contributed by atoms with Crippen LogP contribution in [0.5, 0.6) is 0 Å². The highest BCUT2D eigenvalue weighted by molar-refractivity contribution is 6.31. The topological polar surface area (TPSA) is 41.6 Å². The average molecular weight is 255 g/mol. The van der Waals surface area contributed by atoms with Gasteiger partial charge in [-0.2, -0.15) is 0 Å². The minimum absolute atomic E-state index is 0.0985. The SMILES string of the molecule is Cc1ccc(Cl)cc1NC(=O)N1CCOCC1. The van der Waals surface area contributed by atoms with Gasteiger partial charge >= 0.3 is 6.03 Å². The first-order valence-electron chi connectivity index (χ1n) is 5.56. The van der Waals surface area contributed by atoms with Gasteiger partial charge in [-0.05, 0) is 24.6 Å². The maximum absolute atomic E-state index is 11.9. The molecule has 1 aromatic rings. The lowest BCUT2D eigenvalue weighted by Crippen LogP contribution is -2.43. The van der Waals surface area contributed by atoms with Crippen LogP contribution in [0.25, 0.3) is 0 Å². The third-order valence-electron chi connectivity index (χ3n) is 2.74. The fourth-order valence-corrected chi connectivity index (χ4v) is 1.86. The second-order valence-corrected chi connectivity index (χ2v) is 4.43. The largest absolute Gasteiger partial charge is 0.378 e. The van der Waals surface area contributed by atoms with Crippen molar-refractivity contribution in [2.45, 2.75) is 6.92 Å². The number of hydrogen-bond donors (Lipinski definition) is 1. The van der Waals surface area contributed by atoms with E-state index in [-0.39, 0.29) is 6.03 Å². The molecule has 0 radical (unpaired) electrons. The van der Waals surface area contributed by atoms with Crippen LogP contribution in [0.4, 0.5) is 10.5 Å². The van der Waals surface area contributed by atoms with Gasteiger partial charge in [0.2, 0.25) is 0 Å². The lowest BCUT2D eigenvalue weighted by molar-refractivity contribution is 0.0564. The summed E-state index contributed by atoms with van der Waals surface area (Å²) in [5.41, 5.74) is 1.75. The van der Waals surface area contributed by atoms with Crippen molar-refractivity contribution in [3.8, 4) is 0 Å². The van der Waals surface area contributed by atoms with E-state index in [9.17, 15) is 4.79 Å². The van der Waals surface area contributed by atoms with Crippen molar-refractivity contribution in [1.82, 2.24) is 4.90 Å². The van der Waals surface area contributed by atoms with Gasteiger partial charge in [0, 0.05) is 23.8 Å². The predicted octanol–water partition coefficient (Wildman–Crippen LogP) is 2.51. The molecule has 0 saturated carbocycles. The molecular weight excluding hydrogens is 240 g/mol. The monoisotopic (exact) mass is 254 g/mol. The molecule has 0 atom stereocenters. The Morgan fingerprint density at radius 3 is 2.82 bits per heavy atom. The van der Waals surface area contributed by atoms with E-state index in [0.717, 1.165) is 11.3 Å². The van der Waals surface area contributed by atoms with E-state index in [2.05, 4.69) is 5.32 Å². The summed E-state index contributed by atoms with van der Waals surface area (Å²) >= 11 is 5.90. The van der Waals surface area contributed by atoms with Crippen LogP contribution in [-0.2, 0) is 4.74 Å². The maximum Gasteiger partial charge on any atom is 0.322 e. The summed E-state index contributed by atoms with van der Waals surface area (Å²) in [5.74, 6) is 0. The molecular formula is C12H15ClN2O2. The van der Waals surface area contributed by atoms with Gasteiger partial charge < -0.3 is 15.0 Å². The summed E-state index contributed by atoms with van der Waals surface area (Å²) in [6, 6.07) is 5.35. The maximum atomic E-state index is 11.9. The Bertz CT molecular complexity index is 417. The van der Waals surface area contributed by atoms with Gasteiger partial charge in [0.15, 0.2) is 0 Å². The van der Waals surface area contributed by atoms with Gasteiger partial charge in [0.05, 0.1) is 13.2 Å². The molecule has 2 rings (SSSR count). The first kappa shape index (κ1) is 12.2. The molecule has 1 saturated heterocycles. The Morgan fingerprint density at radius 1 is 1.41 bits per heavy atom. The molecule has 1 fully saturated rings. The van der Waals surface area contributed by atoms with Crippen molar-refractivity contribution in [2.24, 2.45) is 0 Å². The third kappa shape index (κ3) is 3.11. The van der Waals surface area contributed by atoms with Crippen LogP contribution in [0.1, 0.15) is 5.56 Å². The fraction of sp³-hybridized carbons (Fsp3) is 0.417. The van der Waals surface area contributed by atoms with E-state index < -0.39 is 0 Å². The van der Waals surface area contributed by atoms with Crippen molar-refractivity contribution in [3.63, 3.8) is 0 Å². The normalized spacial score (nSPS) is 15.8. The highest BCUT2D eigenvalue weighted by atomic mass is 35.5. The van der Waals surface area contributed by atoms with E-state index in [1.165, 1.54) is 0 Å². The second kappa shape index (κ2) is 5.38. The number of ether oxygens (including phenoxy) is 1. The molecule has 0 unspecified atom stereocenters. The lowest BCUT2D eigenvalue weighted by Gasteiger charge is -2.27. The lowest BCUT2D eigenvalue weighted by atomic mass is 10.2. The van der Waals surface area contributed by atoms with Gasteiger partial charge in [-0.25, -0.2) is 4.79 Å². The number of halogens is 1. The molecule has 1 aliphatic heterocycles. The average Bonchev–Trinajstić information content (AvgIpc) is 2.35. The number of anilines is 1. The number of amides is 2. The van der Waals surface area contributed by atoms with Gasteiger partial charge in [-0.1, -0.05) is 17.7 Å². The van der Waals surface area contributed by atoms with Crippen LogP contribution in [0.3, 0.4) is 0 Å². The Morgan fingerprint density at radius 2 is 2.12 bits per heavy atom. The third-order valence-corrected chi connectivity index (χ3v) is 2.97. The number of nitrogens with one attached hydrogen (secondary N) is 1. The van der Waals surface area contributed by atoms with Crippen molar-refractivity contribution in [3.05, 3.63) is 28.8 Å². The number of nitrogens with zero attached hydrogens (tertiary/aromatic N) is 1. The number of aryl methyl sites for hydroxylation is 1. The van der Waals surface area contributed by atoms with Gasteiger partial charge in [-0.15, -0.1) is 0 Å². The number of carbonyl (C=O) groups excluding carboxylic acids is 1. The zero-order chi connectivity index (χ0) is 12.3. The minimum Gasteiger partial charge on any atom is -0.378 e. The Balaban J connectivity index is 2.04. The van der Waals surface area contributed by atoms with Crippen LogP contribution in [-0.4, -0.2) is 37.2 Å². The number of benzene rings is 1. The molecule has 0 bridgehead atoms. The van der Waals surface area contributed by atoms with E-state index in [4.69, 9.17) is 16.3 Å². The molecule has 1 aromatic carbocycles. The van der Waals surface area contributed by atoms with Crippen LogP contribution >= 0.6 is 11.6 Å². The van der Waals surface area contributed by atoms with E-state index in [1.54, 1.807) is 17.0 Å². The predicted molar refractivity (Wildman–Crippen MR) is 67.6 cm³/mol. The number of carbonyl (C=O) groups is 1. The summed E-state index contributed by atoms with van der Waals surface area (Å²) < 4.78 is 5.20. The van der Waals surface area contributed by atoms with Crippen molar-refractivity contribution in [1.29, 1.82) is 0 Å². The summed E-state index contributed by atoms with van der Waals surface area (Å²) in [4.78, 5) is 13.7. The highest BCUT2D eigenvalue weighted by Crippen LogP contribution is 2.20. The molecule has 92 valence electrons. The van der Waals surface area contributed by atoms with Crippen LogP contribution in [0.15, 0.2) is 18.2 Å². The zero-order valence-corrected chi connectivity index (χ0v) is 10.5. The van der Waals surface area contributed by atoms with Crippen molar-refractivity contribution in [2.75, 3.05) is 31.6 Å². The number of morpholine rings is 1. The number of urea groups is 1. The van der Waals surface area contributed by atoms with Gasteiger partial charge in [-0.3, -0.25) is 0 Å². The van der Waals surface area contributed by atoms with Crippen molar-refractivity contribution < 1.29 is 9.53 Å². The minimum atomic E-state index is -0.0985. The summed E-state index contributed by atoms with van der Waals surface area (Å²) in [6.45, 7) is 4.39. The molecule has 1 N–H and O–H groups in total. The van der Waals surface area contributed by atoms with Crippen LogP contribution in [0, 0.1) is 6.92 Å². The molecule has 4 nitrogen and oxygen atoms in total. The smallest absolute Gasteiger partial charge is 0.322 e. The Hall–Kier alpha value is -1.26. The zero-order valence-electron chi connectivity index (χ0n) is 9.70. The molecule has 0 aliphatic carbocycles. The molecule has 5 heteroatoms. The number of hydrogen-bond acceptors (Lipinski definition) is 2. The summed E-state index contributed by atoms with van der Waals surface area (Å²) in [7, 11) is 0. The van der Waals surface area contributed by atoms with Crippen LogP contribution < -0.4 is 5.32 Å². The fourth-order valence-electron chi connectivity index (χ4n) is 1.69. The van der Waals surface area contributed by atoms with E-state index in [0.29, 0.717) is 31.3 Å². The molecule has 1 heterocycles. The molecule has 17 heavy (non-hydrogen) atoms. The van der Waals surface area contributed by atoms with Crippen LogP contribution in [0.2, 0.25) is 5.02 Å². The van der Waals surface area contributed by atoms with E-state index >= 15 is 0 Å². The standard InChI is InChI=1S/C12H15ClN2O2/c1-9-2-3-10(13)8-11(9)14-12(16)15-4-6-17-7-5-15/h2-3,8H,4-7H2,1H3,(H,14,16). The first-order valence-corrected chi connectivity index (χ1v) is 5.94. The first-order chi connectivity index (χ1) is 8.16. The summed E-state index contributed by atoms with van der Waals surface area (Å²) in [5, 5.41) is 3.49. The van der Waals surface area contributed by atoms with E-state index in [1.807, 2.05) is 13.0 Å². The molecule has 1 aliphatic rings. The Labute approximate surface area is 106 Å². The molecule has 0 aromatic heterocycles. The summed E-state index contributed by atoms with van der Waals surface area (Å²) in [6.07, 6.45) is 0. The quantitative estimate of drug-likeness (QED) is 0.837. The molecule has 0 spiro atoms.